The van der Waals surface area contributed by atoms with Crippen molar-refractivity contribution in [2.24, 2.45) is 0 Å². The minimum atomic E-state index is -0.151. The Kier molecular flexibility index (Phi) is 7.21. The first kappa shape index (κ1) is 19.5. The molecule has 2 amide bonds. The lowest BCUT2D eigenvalue weighted by Crippen LogP contribution is -2.34. The fourth-order valence-corrected chi connectivity index (χ4v) is 2.53. The molecule has 0 aliphatic rings. The number of carbonyl (C=O) groups excluding carboxylic acids is 2. The van der Waals surface area contributed by atoms with Gasteiger partial charge in [-0.2, -0.15) is 0 Å². The van der Waals surface area contributed by atoms with Crippen molar-refractivity contribution in [1.29, 1.82) is 0 Å². The van der Waals surface area contributed by atoms with Crippen molar-refractivity contribution < 1.29 is 14.3 Å². The summed E-state index contributed by atoms with van der Waals surface area (Å²) in [6.07, 6.45) is 0.262. The molecule has 5 nitrogen and oxygen atoms in total. The number of nitrogens with one attached hydrogen (secondary N) is 1. The topological polar surface area (TPSA) is 58.6 Å². The maximum Gasteiger partial charge on any atom is 0.251 e. The summed E-state index contributed by atoms with van der Waals surface area (Å²) in [6.45, 7) is 5.13. The summed E-state index contributed by atoms with van der Waals surface area (Å²) in [5.41, 5.74) is 2.63. The van der Waals surface area contributed by atoms with E-state index in [2.05, 4.69) is 5.32 Å². The van der Waals surface area contributed by atoms with Crippen LogP contribution in [0.1, 0.15) is 27.9 Å². The van der Waals surface area contributed by atoms with Gasteiger partial charge in [0, 0.05) is 25.6 Å². The van der Waals surface area contributed by atoms with Gasteiger partial charge in [0.1, 0.15) is 12.4 Å². The second kappa shape index (κ2) is 9.61. The van der Waals surface area contributed by atoms with E-state index in [1.165, 1.54) is 0 Å². The third kappa shape index (κ3) is 5.62. The molecule has 1 N–H and O–H groups in total. The number of amides is 2. The molecular weight excluding hydrogens is 328 g/mol. The van der Waals surface area contributed by atoms with E-state index in [1.54, 1.807) is 18.0 Å². The molecule has 0 radical (unpaired) electrons. The summed E-state index contributed by atoms with van der Waals surface area (Å²) in [5, 5.41) is 2.80. The number of carbonyl (C=O) groups is 2. The molecule has 0 heterocycles. The summed E-state index contributed by atoms with van der Waals surface area (Å²) < 4.78 is 5.71. The summed E-state index contributed by atoms with van der Waals surface area (Å²) in [6, 6.07) is 15.2. The van der Waals surface area contributed by atoms with Gasteiger partial charge in [0.2, 0.25) is 5.91 Å². The van der Waals surface area contributed by atoms with Crippen molar-refractivity contribution >= 4 is 11.8 Å². The van der Waals surface area contributed by atoms with Gasteiger partial charge < -0.3 is 15.0 Å². The first-order valence-electron chi connectivity index (χ1n) is 8.75. The minimum Gasteiger partial charge on any atom is -0.491 e. The Morgan fingerprint density at radius 2 is 1.65 bits per heavy atom. The maximum absolute atomic E-state index is 12.2. The first-order chi connectivity index (χ1) is 12.5. The molecule has 2 rings (SSSR count). The maximum atomic E-state index is 12.2. The van der Waals surface area contributed by atoms with Gasteiger partial charge in [-0.3, -0.25) is 9.59 Å². The number of hydrogen-bond acceptors (Lipinski definition) is 3. The molecule has 5 heteroatoms. The molecule has 2 aromatic rings. The van der Waals surface area contributed by atoms with Crippen molar-refractivity contribution in [3.8, 4) is 5.75 Å². The van der Waals surface area contributed by atoms with Crippen LogP contribution in [0.3, 0.4) is 0 Å². The zero-order valence-electron chi connectivity index (χ0n) is 15.6. The predicted molar refractivity (Wildman–Crippen MR) is 102 cm³/mol. The van der Waals surface area contributed by atoms with Crippen LogP contribution in [0.25, 0.3) is 0 Å². The predicted octanol–water partition coefficient (Wildman–Crippen LogP) is 2.96. The van der Waals surface area contributed by atoms with Gasteiger partial charge in [0.15, 0.2) is 0 Å². The zero-order chi connectivity index (χ0) is 18.9. The highest BCUT2D eigenvalue weighted by Crippen LogP contribution is 2.15. The quantitative estimate of drug-likeness (QED) is 0.793. The van der Waals surface area contributed by atoms with Crippen LogP contribution in [0.15, 0.2) is 48.5 Å². The first-order valence-corrected chi connectivity index (χ1v) is 8.75. The molecular formula is C21H26N2O3. The van der Waals surface area contributed by atoms with Crippen LogP contribution in [0.4, 0.5) is 0 Å². The molecule has 0 unspecified atom stereocenters. The van der Waals surface area contributed by atoms with Crippen LogP contribution in [-0.4, -0.2) is 43.5 Å². The van der Waals surface area contributed by atoms with Crippen LogP contribution in [-0.2, 0) is 4.79 Å². The zero-order valence-corrected chi connectivity index (χ0v) is 15.6. The highest BCUT2D eigenvalue weighted by Gasteiger charge is 2.11. The van der Waals surface area contributed by atoms with Crippen molar-refractivity contribution in [2.45, 2.75) is 20.3 Å². The molecule has 0 spiro atoms. The molecule has 0 saturated carbocycles. The minimum absolute atomic E-state index is 0.0246. The van der Waals surface area contributed by atoms with Gasteiger partial charge in [0.25, 0.3) is 5.91 Å². The molecule has 0 aromatic heterocycles. The van der Waals surface area contributed by atoms with Crippen LogP contribution in [0, 0.1) is 13.8 Å². The Hall–Kier alpha value is -2.82. The highest BCUT2D eigenvalue weighted by molar-refractivity contribution is 5.95. The van der Waals surface area contributed by atoms with Crippen molar-refractivity contribution in [2.75, 3.05) is 26.7 Å². The van der Waals surface area contributed by atoms with Crippen LogP contribution < -0.4 is 10.1 Å². The van der Waals surface area contributed by atoms with Crippen molar-refractivity contribution in [1.82, 2.24) is 10.2 Å². The summed E-state index contributed by atoms with van der Waals surface area (Å²) in [5.74, 6) is 0.656. The van der Waals surface area contributed by atoms with E-state index >= 15 is 0 Å². The van der Waals surface area contributed by atoms with Gasteiger partial charge >= 0.3 is 0 Å². The van der Waals surface area contributed by atoms with Gasteiger partial charge in [0.05, 0.1) is 6.54 Å². The Morgan fingerprint density at radius 1 is 1.00 bits per heavy atom. The molecule has 2 aromatic carbocycles. The normalized spacial score (nSPS) is 10.3. The Morgan fingerprint density at radius 3 is 2.35 bits per heavy atom. The lowest BCUT2D eigenvalue weighted by molar-refractivity contribution is -0.130. The van der Waals surface area contributed by atoms with E-state index in [1.807, 2.05) is 56.3 Å². The average molecular weight is 354 g/mol. The van der Waals surface area contributed by atoms with Crippen LogP contribution in [0.5, 0.6) is 5.75 Å². The second-order valence-electron chi connectivity index (χ2n) is 6.25. The fourth-order valence-electron chi connectivity index (χ4n) is 2.53. The van der Waals surface area contributed by atoms with E-state index in [4.69, 9.17) is 4.74 Å². The number of ether oxygens (including phenoxy) is 1. The van der Waals surface area contributed by atoms with E-state index in [0.717, 1.165) is 16.9 Å². The van der Waals surface area contributed by atoms with Gasteiger partial charge in [-0.15, -0.1) is 0 Å². The average Bonchev–Trinajstić information content (AvgIpc) is 2.63. The Balaban J connectivity index is 1.69. The van der Waals surface area contributed by atoms with E-state index in [0.29, 0.717) is 25.3 Å². The second-order valence-corrected chi connectivity index (χ2v) is 6.25. The number of hydrogen-bond donors (Lipinski definition) is 1. The monoisotopic (exact) mass is 354 g/mol. The van der Waals surface area contributed by atoms with Crippen LogP contribution >= 0.6 is 0 Å². The fraction of sp³-hybridized carbons (Fsp3) is 0.333. The molecule has 0 fully saturated rings. The van der Waals surface area contributed by atoms with Crippen LogP contribution in [0.2, 0.25) is 0 Å². The van der Waals surface area contributed by atoms with Gasteiger partial charge in [-0.25, -0.2) is 0 Å². The molecule has 0 bridgehead atoms. The summed E-state index contributed by atoms with van der Waals surface area (Å²) >= 11 is 0. The summed E-state index contributed by atoms with van der Waals surface area (Å²) in [4.78, 5) is 25.9. The standard InChI is InChI=1S/C21H26N2O3/c1-16-8-4-6-10-18(16)21(25)22-13-12-20(24)23(3)14-15-26-19-11-7-5-9-17(19)2/h4-11H,12-15H2,1-3H3,(H,22,25). The Bertz CT molecular complexity index is 758. The van der Waals surface area contributed by atoms with Gasteiger partial charge in [-0.1, -0.05) is 36.4 Å². The SMILES string of the molecule is Cc1ccccc1OCCN(C)C(=O)CCNC(=O)c1ccccc1C. The van der Waals surface area contributed by atoms with Crippen molar-refractivity contribution in [3.05, 3.63) is 65.2 Å². The van der Waals surface area contributed by atoms with E-state index in [-0.39, 0.29) is 18.2 Å². The highest BCUT2D eigenvalue weighted by atomic mass is 16.5. The molecule has 26 heavy (non-hydrogen) atoms. The third-order valence-electron chi connectivity index (χ3n) is 4.22. The lowest BCUT2D eigenvalue weighted by Gasteiger charge is -2.18. The molecule has 0 saturated heterocycles. The van der Waals surface area contributed by atoms with Gasteiger partial charge in [-0.05, 0) is 37.1 Å². The largest absolute Gasteiger partial charge is 0.491 e. The number of rotatable bonds is 8. The van der Waals surface area contributed by atoms with Crippen molar-refractivity contribution in [3.63, 3.8) is 0 Å². The number of para-hydroxylation sites is 1. The number of aryl methyl sites for hydroxylation is 2. The number of likely N-dealkylation sites (N-methyl/N-ethyl adjacent to an activating group) is 1. The number of benzene rings is 2. The Labute approximate surface area is 155 Å². The molecule has 0 aliphatic carbocycles. The number of nitrogens with zero attached hydrogens (tertiary/aromatic N) is 1. The molecule has 0 aliphatic heterocycles. The lowest BCUT2D eigenvalue weighted by atomic mass is 10.1. The molecule has 0 atom stereocenters. The van der Waals surface area contributed by atoms with E-state index < -0.39 is 0 Å². The molecule has 138 valence electrons. The van der Waals surface area contributed by atoms with E-state index in [9.17, 15) is 9.59 Å². The smallest absolute Gasteiger partial charge is 0.251 e. The third-order valence-corrected chi connectivity index (χ3v) is 4.22. The summed E-state index contributed by atoms with van der Waals surface area (Å²) in [7, 11) is 1.74.